The monoisotopic (exact) mass is 497 g/mol. The number of hydrogen-bond donors (Lipinski definition) is 1. The number of carbonyl (C=O) groups excluding carboxylic acids is 1. The molecule has 6 rings (SSSR count). The van der Waals surface area contributed by atoms with Crippen molar-refractivity contribution in [2.45, 2.75) is 25.9 Å². The van der Waals surface area contributed by atoms with Gasteiger partial charge in [0.1, 0.15) is 17.2 Å². The summed E-state index contributed by atoms with van der Waals surface area (Å²) in [6.45, 7) is 3.34. The Labute approximate surface area is 214 Å². The Morgan fingerprint density at radius 1 is 1.00 bits per heavy atom. The number of rotatable bonds is 8. The fourth-order valence-electron chi connectivity index (χ4n) is 4.88. The minimum Gasteiger partial charge on any atom is -0.497 e. The molecule has 3 aromatic carbocycles. The Hall–Kier alpha value is -4.46. The van der Waals surface area contributed by atoms with E-state index in [1.165, 1.54) is 0 Å². The second-order valence-corrected chi connectivity index (χ2v) is 9.03. The summed E-state index contributed by atoms with van der Waals surface area (Å²) in [6.07, 6.45) is 0.936. The first kappa shape index (κ1) is 23.0. The van der Waals surface area contributed by atoms with Crippen molar-refractivity contribution in [2.24, 2.45) is 0 Å². The highest BCUT2D eigenvalue weighted by Crippen LogP contribution is 2.44. The summed E-state index contributed by atoms with van der Waals surface area (Å²) in [5, 5.41) is 7.58. The first-order valence-corrected chi connectivity index (χ1v) is 12.3. The van der Waals surface area contributed by atoms with Crippen molar-refractivity contribution >= 4 is 5.91 Å². The van der Waals surface area contributed by atoms with Gasteiger partial charge in [0.2, 0.25) is 6.79 Å². The van der Waals surface area contributed by atoms with E-state index in [0.717, 1.165) is 45.9 Å². The Bertz CT molecular complexity index is 1430. The molecule has 2 aliphatic heterocycles. The number of nitrogens with zero attached hydrogens (tertiary/aromatic N) is 2. The highest BCUT2D eigenvalue weighted by molar-refractivity contribution is 6.00. The van der Waals surface area contributed by atoms with Crippen LogP contribution >= 0.6 is 0 Å². The van der Waals surface area contributed by atoms with Crippen molar-refractivity contribution < 1.29 is 23.7 Å². The molecule has 4 aromatic rings. The van der Waals surface area contributed by atoms with Gasteiger partial charge < -0.3 is 23.8 Å². The van der Waals surface area contributed by atoms with Crippen molar-refractivity contribution in [2.75, 3.05) is 20.5 Å². The smallest absolute Gasteiger partial charge is 0.273 e. The number of benzene rings is 3. The van der Waals surface area contributed by atoms with Crippen molar-refractivity contribution in [3.05, 3.63) is 89.1 Å². The fraction of sp³-hybridized carbons (Fsp3) is 0.241. The predicted octanol–water partition coefficient (Wildman–Crippen LogP) is 5.35. The van der Waals surface area contributed by atoms with E-state index in [0.29, 0.717) is 30.3 Å². The van der Waals surface area contributed by atoms with E-state index in [1.54, 1.807) is 7.11 Å². The number of aromatic amines is 1. The Kier molecular flexibility index (Phi) is 5.92. The van der Waals surface area contributed by atoms with E-state index in [9.17, 15) is 4.79 Å². The maximum atomic E-state index is 13.7. The van der Waals surface area contributed by atoms with Crippen LogP contribution in [0, 0.1) is 0 Å². The number of nitrogens with one attached hydrogen (secondary N) is 1. The number of fused-ring (bicyclic) bond motifs is 2. The molecule has 8 nitrogen and oxygen atoms in total. The maximum Gasteiger partial charge on any atom is 0.273 e. The van der Waals surface area contributed by atoms with Crippen LogP contribution in [0.1, 0.15) is 46.6 Å². The number of H-pyrrole nitrogens is 1. The summed E-state index contributed by atoms with van der Waals surface area (Å²) in [4.78, 5) is 15.6. The summed E-state index contributed by atoms with van der Waals surface area (Å²) in [5.41, 5.74) is 4.95. The van der Waals surface area contributed by atoms with Gasteiger partial charge in [-0.1, -0.05) is 25.1 Å². The van der Waals surface area contributed by atoms with Crippen LogP contribution in [0.15, 0.2) is 66.7 Å². The molecule has 1 amide bonds. The molecule has 1 aromatic heterocycles. The average Bonchev–Trinajstić information content (AvgIpc) is 3.64. The first-order valence-electron chi connectivity index (χ1n) is 12.3. The summed E-state index contributed by atoms with van der Waals surface area (Å²) in [6, 6.07) is 21.1. The average molecular weight is 498 g/mol. The van der Waals surface area contributed by atoms with Crippen LogP contribution in [-0.4, -0.2) is 41.5 Å². The highest BCUT2D eigenvalue weighted by atomic mass is 16.7. The third-order valence-corrected chi connectivity index (χ3v) is 6.69. The number of carbonyl (C=O) groups is 1. The van der Waals surface area contributed by atoms with E-state index in [2.05, 4.69) is 17.1 Å². The molecule has 1 N–H and O–H groups in total. The van der Waals surface area contributed by atoms with E-state index < -0.39 is 0 Å². The van der Waals surface area contributed by atoms with Crippen molar-refractivity contribution in [1.29, 1.82) is 0 Å². The molecule has 0 saturated carbocycles. The van der Waals surface area contributed by atoms with Crippen LogP contribution in [0.3, 0.4) is 0 Å². The third-order valence-electron chi connectivity index (χ3n) is 6.69. The molecular weight excluding hydrogens is 470 g/mol. The van der Waals surface area contributed by atoms with Gasteiger partial charge in [-0.05, 0) is 66.1 Å². The van der Waals surface area contributed by atoms with Crippen molar-refractivity contribution in [3.8, 4) is 34.3 Å². The molecule has 1 unspecified atom stereocenters. The lowest BCUT2D eigenvalue weighted by Gasteiger charge is -2.27. The predicted molar refractivity (Wildman–Crippen MR) is 137 cm³/mol. The molecule has 0 radical (unpaired) electrons. The fourth-order valence-corrected chi connectivity index (χ4v) is 4.88. The molecular formula is C29H27N3O5. The highest BCUT2D eigenvalue weighted by Gasteiger charge is 2.42. The molecule has 1 atom stereocenters. The summed E-state index contributed by atoms with van der Waals surface area (Å²) < 4.78 is 22.1. The van der Waals surface area contributed by atoms with Crippen molar-refractivity contribution in [1.82, 2.24) is 15.1 Å². The van der Waals surface area contributed by atoms with Gasteiger partial charge in [0.05, 0.1) is 25.5 Å². The molecule has 2 aliphatic rings. The Balaban J connectivity index is 1.41. The van der Waals surface area contributed by atoms with Crippen LogP contribution in [0.5, 0.6) is 23.0 Å². The van der Waals surface area contributed by atoms with Gasteiger partial charge in [0.25, 0.3) is 5.91 Å². The maximum absolute atomic E-state index is 13.7. The minimum atomic E-state index is -0.330. The van der Waals surface area contributed by atoms with Crippen LogP contribution in [0.25, 0.3) is 11.3 Å². The number of ether oxygens (including phenoxy) is 4. The van der Waals surface area contributed by atoms with Crippen LogP contribution < -0.4 is 18.9 Å². The van der Waals surface area contributed by atoms with Crippen LogP contribution in [-0.2, 0) is 6.54 Å². The molecule has 37 heavy (non-hydrogen) atoms. The number of aromatic nitrogens is 2. The van der Waals surface area contributed by atoms with E-state index in [-0.39, 0.29) is 18.7 Å². The second-order valence-electron chi connectivity index (χ2n) is 9.03. The summed E-state index contributed by atoms with van der Waals surface area (Å²) in [5.74, 6) is 2.87. The lowest BCUT2D eigenvalue weighted by molar-refractivity contribution is 0.0730. The zero-order valence-electron chi connectivity index (χ0n) is 20.7. The molecule has 8 heteroatoms. The molecule has 0 saturated heterocycles. The lowest BCUT2D eigenvalue weighted by Crippen LogP contribution is -2.29. The van der Waals surface area contributed by atoms with Gasteiger partial charge in [-0.3, -0.25) is 9.89 Å². The lowest BCUT2D eigenvalue weighted by atomic mass is 9.95. The Morgan fingerprint density at radius 2 is 1.76 bits per heavy atom. The zero-order chi connectivity index (χ0) is 25.4. The van der Waals surface area contributed by atoms with E-state index >= 15 is 0 Å². The van der Waals surface area contributed by atoms with E-state index in [4.69, 9.17) is 18.9 Å². The SMILES string of the molecule is CCCOc1ccc(C2c3c(-c4ccc(OC)cc4)n[nH]c3C(=O)N2Cc2ccc3c(c2)OCO3)cc1. The second kappa shape index (κ2) is 9.54. The minimum absolute atomic E-state index is 0.101. The zero-order valence-corrected chi connectivity index (χ0v) is 20.7. The summed E-state index contributed by atoms with van der Waals surface area (Å²) >= 11 is 0. The molecule has 0 bridgehead atoms. The third kappa shape index (κ3) is 4.14. The topological polar surface area (TPSA) is 85.9 Å². The molecule has 188 valence electrons. The number of hydrogen-bond acceptors (Lipinski definition) is 6. The van der Waals surface area contributed by atoms with Crippen LogP contribution in [0.2, 0.25) is 0 Å². The Morgan fingerprint density at radius 3 is 2.51 bits per heavy atom. The van der Waals surface area contributed by atoms with Gasteiger partial charge in [0.15, 0.2) is 11.5 Å². The van der Waals surface area contributed by atoms with Gasteiger partial charge in [-0.25, -0.2) is 0 Å². The number of methoxy groups -OCH3 is 1. The molecule has 0 fully saturated rings. The van der Waals surface area contributed by atoms with Crippen molar-refractivity contribution in [3.63, 3.8) is 0 Å². The molecule has 0 aliphatic carbocycles. The summed E-state index contributed by atoms with van der Waals surface area (Å²) in [7, 11) is 1.64. The van der Waals surface area contributed by atoms with Gasteiger partial charge in [0, 0.05) is 17.7 Å². The molecule has 3 heterocycles. The quantitative estimate of drug-likeness (QED) is 0.353. The van der Waals surface area contributed by atoms with E-state index in [1.807, 2.05) is 71.6 Å². The first-order chi connectivity index (χ1) is 18.2. The van der Waals surface area contributed by atoms with Gasteiger partial charge >= 0.3 is 0 Å². The standard InChI is InChI=1S/C29H27N3O5/c1-3-14-35-22-11-7-20(8-12-22)28-25-26(19-5-9-21(34-2)10-6-19)30-31-27(25)29(33)32(28)16-18-4-13-23-24(15-18)37-17-36-23/h4-13,15,28H,3,14,16-17H2,1-2H3,(H,30,31). The number of amides is 1. The van der Waals surface area contributed by atoms with Gasteiger partial charge in [-0.15, -0.1) is 0 Å². The molecule has 0 spiro atoms. The van der Waals surface area contributed by atoms with Crippen LogP contribution in [0.4, 0.5) is 0 Å². The van der Waals surface area contributed by atoms with Gasteiger partial charge in [-0.2, -0.15) is 5.10 Å². The normalized spacial score (nSPS) is 15.7. The largest absolute Gasteiger partial charge is 0.497 e.